The summed E-state index contributed by atoms with van der Waals surface area (Å²) in [4.78, 5) is 43.7. The Hall–Kier alpha value is -3.66. The van der Waals surface area contributed by atoms with Crippen molar-refractivity contribution in [1.29, 1.82) is 0 Å². The van der Waals surface area contributed by atoms with Crippen LogP contribution in [0, 0.1) is 19.8 Å². The number of carbonyl (C=O) groups excluding carboxylic acids is 3. The molecule has 2 aromatic rings. The molecule has 206 valence electrons. The van der Waals surface area contributed by atoms with E-state index < -0.39 is 23.5 Å². The Morgan fingerprint density at radius 2 is 1.82 bits per heavy atom. The molecule has 1 fully saturated rings. The average Bonchev–Trinajstić information content (AvgIpc) is 3.18. The molecule has 10 heteroatoms. The number of likely N-dealkylation sites (tertiary alicyclic amines) is 1. The first-order valence-corrected chi connectivity index (χ1v) is 12.9. The van der Waals surface area contributed by atoms with Crippen LogP contribution in [0.1, 0.15) is 56.1 Å². The van der Waals surface area contributed by atoms with Crippen molar-refractivity contribution in [3.8, 4) is 5.75 Å². The van der Waals surface area contributed by atoms with Gasteiger partial charge in [0.1, 0.15) is 18.4 Å². The summed E-state index contributed by atoms with van der Waals surface area (Å²) in [6.45, 7) is 10.7. The van der Waals surface area contributed by atoms with E-state index in [0.29, 0.717) is 25.3 Å². The molecule has 1 aromatic carbocycles. The summed E-state index contributed by atoms with van der Waals surface area (Å²) in [5.41, 5.74) is 4.53. The number of carbonyl (C=O) groups is 3. The van der Waals surface area contributed by atoms with Gasteiger partial charge in [-0.2, -0.15) is 0 Å². The number of aryl methyl sites for hydroxylation is 2. The Kier molecular flexibility index (Phi) is 9.68. The molecule has 0 aliphatic carbocycles. The van der Waals surface area contributed by atoms with E-state index >= 15 is 0 Å². The molecule has 3 amide bonds. The number of rotatable bonds is 11. The van der Waals surface area contributed by atoms with Crippen LogP contribution in [0.15, 0.2) is 36.4 Å². The molecule has 2 atom stereocenters. The molecule has 0 radical (unpaired) electrons. The first-order valence-electron chi connectivity index (χ1n) is 12.9. The molecule has 10 nitrogen and oxygen atoms in total. The van der Waals surface area contributed by atoms with E-state index in [1.54, 1.807) is 5.48 Å². The highest BCUT2D eigenvalue weighted by Gasteiger charge is 2.47. The maximum atomic E-state index is 13.5. The predicted octanol–water partition coefficient (Wildman–Crippen LogP) is 3.41. The molecule has 2 heterocycles. The summed E-state index contributed by atoms with van der Waals surface area (Å²) in [7, 11) is 0. The molecule has 3 rings (SSSR count). The Bertz CT molecular complexity index is 1120. The SMILES string of the molecule is Cc1cc(COc2ccc(C3(C)CCN(C(CCNC(=O)OCC(C)C)C(=O)NO)C3=O)cc2)cc(C)n1. The highest BCUT2D eigenvalue weighted by molar-refractivity contribution is 5.94. The number of nitrogens with one attached hydrogen (secondary N) is 2. The zero-order valence-electron chi connectivity index (χ0n) is 22.7. The smallest absolute Gasteiger partial charge is 0.407 e. The van der Waals surface area contributed by atoms with Gasteiger partial charge in [-0.3, -0.25) is 19.8 Å². The molecular weight excluding hydrogens is 488 g/mol. The van der Waals surface area contributed by atoms with Gasteiger partial charge in [0.15, 0.2) is 0 Å². The number of aromatic nitrogens is 1. The number of ether oxygens (including phenoxy) is 2. The van der Waals surface area contributed by atoms with Crippen LogP contribution in [-0.4, -0.2) is 58.7 Å². The molecule has 3 N–H and O–H groups in total. The van der Waals surface area contributed by atoms with E-state index in [9.17, 15) is 19.6 Å². The molecule has 1 saturated heterocycles. The summed E-state index contributed by atoms with van der Waals surface area (Å²) in [5, 5.41) is 11.9. The summed E-state index contributed by atoms with van der Waals surface area (Å²) in [6.07, 6.45) is 0.0443. The third-order valence-electron chi connectivity index (χ3n) is 6.65. The minimum atomic E-state index is -0.936. The van der Waals surface area contributed by atoms with Crippen molar-refractivity contribution in [3.05, 3.63) is 58.9 Å². The van der Waals surface area contributed by atoms with Gasteiger partial charge in [0.2, 0.25) is 5.91 Å². The van der Waals surface area contributed by atoms with Crippen molar-refractivity contribution in [3.63, 3.8) is 0 Å². The summed E-state index contributed by atoms with van der Waals surface area (Å²) in [5.74, 6) is -0.0426. The largest absolute Gasteiger partial charge is 0.489 e. The van der Waals surface area contributed by atoms with Crippen molar-refractivity contribution in [2.24, 2.45) is 5.92 Å². The standard InChI is InChI=1S/C28H38N4O6/c1-18(2)16-38-27(35)29-12-10-24(25(33)31-36)32-13-11-28(5,26(32)34)22-6-8-23(9-7-22)37-17-21-14-19(3)30-20(4)15-21/h6-9,14-15,18,24,36H,10-13,16-17H2,1-5H3,(H,29,35)(H,31,33). The van der Waals surface area contributed by atoms with Gasteiger partial charge in [-0.15, -0.1) is 0 Å². The van der Waals surface area contributed by atoms with Crippen molar-refractivity contribution >= 4 is 17.9 Å². The van der Waals surface area contributed by atoms with E-state index in [1.807, 2.05) is 71.0 Å². The summed E-state index contributed by atoms with van der Waals surface area (Å²) in [6, 6.07) is 10.4. The van der Waals surface area contributed by atoms with E-state index in [-0.39, 0.29) is 31.4 Å². The number of hydrogen-bond donors (Lipinski definition) is 3. The van der Waals surface area contributed by atoms with Crippen LogP contribution in [0.3, 0.4) is 0 Å². The second kappa shape index (κ2) is 12.7. The lowest BCUT2D eigenvalue weighted by Crippen LogP contribution is -2.50. The molecule has 1 aromatic heterocycles. The molecular formula is C28H38N4O6. The number of alkyl carbamates (subject to hydrolysis) is 1. The predicted molar refractivity (Wildman–Crippen MR) is 141 cm³/mol. The van der Waals surface area contributed by atoms with Gasteiger partial charge in [0, 0.05) is 24.5 Å². The molecule has 1 aliphatic rings. The third-order valence-corrected chi connectivity index (χ3v) is 6.65. The zero-order valence-corrected chi connectivity index (χ0v) is 22.7. The second-order valence-electron chi connectivity index (χ2n) is 10.4. The molecule has 0 bridgehead atoms. The topological polar surface area (TPSA) is 130 Å². The van der Waals surface area contributed by atoms with E-state index in [2.05, 4.69) is 10.3 Å². The van der Waals surface area contributed by atoms with Crippen molar-refractivity contribution in [2.75, 3.05) is 19.7 Å². The van der Waals surface area contributed by atoms with Gasteiger partial charge in [0.05, 0.1) is 12.0 Å². The second-order valence-corrected chi connectivity index (χ2v) is 10.4. The lowest BCUT2D eigenvalue weighted by atomic mass is 9.81. The average molecular weight is 527 g/mol. The molecule has 0 spiro atoms. The van der Waals surface area contributed by atoms with Crippen LogP contribution in [0.5, 0.6) is 5.75 Å². The third kappa shape index (κ3) is 7.22. The van der Waals surface area contributed by atoms with Crippen LogP contribution in [0.2, 0.25) is 0 Å². The van der Waals surface area contributed by atoms with Crippen LogP contribution in [0.25, 0.3) is 0 Å². The first kappa shape index (κ1) is 28.9. The van der Waals surface area contributed by atoms with Gasteiger partial charge < -0.3 is 19.7 Å². The van der Waals surface area contributed by atoms with Gasteiger partial charge in [0.25, 0.3) is 5.91 Å². The summed E-state index contributed by atoms with van der Waals surface area (Å²) < 4.78 is 11.0. The maximum absolute atomic E-state index is 13.5. The number of hydrogen-bond acceptors (Lipinski definition) is 7. The number of benzene rings is 1. The van der Waals surface area contributed by atoms with Gasteiger partial charge in [-0.1, -0.05) is 26.0 Å². The van der Waals surface area contributed by atoms with Gasteiger partial charge in [-0.25, -0.2) is 10.3 Å². The normalized spacial score (nSPS) is 17.9. The Morgan fingerprint density at radius 3 is 2.42 bits per heavy atom. The van der Waals surface area contributed by atoms with E-state index in [0.717, 1.165) is 22.5 Å². The monoisotopic (exact) mass is 526 g/mol. The van der Waals surface area contributed by atoms with Crippen molar-refractivity contribution in [1.82, 2.24) is 20.7 Å². The zero-order chi connectivity index (χ0) is 27.9. The molecule has 38 heavy (non-hydrogen) atoms. The first-order chi connectivity index (χ1) is 18.0. The quantitative estimate of drug-likeness (QED) is 0.302. The van der Waals surface area contributed by atoms with Crippen molar-refractivity contribution < 1.29 is 29.1 Å². The van der Waals surface area contributed by atoms with Crippen molar-refractivity contribution in [2.45, 2.75) is 65.5 Å². The number of amides is 3. The Labute approximate surface area is 223 Å². The lowest BCUT2D eigenvalue weighted by Gasteiger charge is -2.29. The fourth-order valence-electron chi connectivity index (χ4n) is 4.63. The van der Waals surface area contributed by atoms with Crippen LogP contribution < -0.4 is 15.5 Å². The Morgan fingerprint density at radius 1 is 1.16 bits per heavy atom. The lowest BCUT2D eigenvalue weighted by molar-refractivity contribution is -0.144. The Balaban J connectivity index is 1.63. The highest BCUT2D eigenvalue weighted by atomic mass is 16.5. The number of pyridine rings is 1. The van der Waals surface area contributed by atoms with Crippen LogP contribution >= 0.6 is 0 Å². The van der Waals surface area contributed by atoms with Gasteiger partial charge >= 0.3 is 6.09 Å². The molecule has 2 unspecified atom stereocenters. The van der Waals surface area contributed by atoms with Crippen LogP contribution in [0.4, 0.5) is 4.79 Å². The van der Waals surface area contributed by atoms with Gasteiger partial charge in [-0.05, 0) is 74.9 Å². The fraction of sp³-hybridized carbons (Fsp3) is 0.500. The molecule has 1 aliphatic heterocycles. The molecule has 0 saturated carbocycles. The number of hydroxylamine groups is 1. The minimum absolute atomic E-state index is 0.109. The summed E-state index contributed by atoms with van der Waals surface area (Å²) >= 11 is 0. The highest BCUT2D eigenvalue weighted by Crippen LogP contribution is 2.37. The van der Waals surface area contributed by atoms with Crippen LogP contribution in [-0.2, 0) is 26.3 Å². The number of nitrogens with zero attached hydrogens (tertiary/aromatic N) is 2. The minimum Gasteiger partial charge on any atom is -0.489 e. The van der Waals surface area contributed by atoms with E-state index in [1.165, 1.54) is 4.90 Å². The van der Waals surface area contributed by atoms with E-state index in [4.69, 9.17) is 9.47 Å². The maximum Gasteiger partial charge on any atom is 0.407 e. The fourth-order valence-corrected chi connectivity index (χ4v) is 4.63.